The standard InChI is InChI=1S/C15H13N3O/c16-10-5-3-4-9(8-10)14-13(15(17)19)11-6-1-2-7-12(11)18-14/h1-8,18H,16H2,(H2,17,19). The van der Waals surface area contributed by atoms with Gasteiger partial charge in [0.2, 0.25) is 0 Å². The third-order valence-corrected chi connectivity index (χ3v) is 3.13. The van der Waals surface area contributed by atoms with Crippen molar-refractivity contribution in [2.75, 3.05) is 5.73 Å². The van der Waals surface area contributed by atoms with E-state index in [0.29, 0.717) is 16.9 Å². The van der Waals surface area contributed by atoms with Crippen LogP contribution in [-0.2, 0) is 0 Å². The van der Waals surface area contributed by atoms with Crippen molar-refractivity contribution in [2.45, 2.75) is 0 Å². The molecule has 0 saturated carbocycles. The molecule has 0 aliphatic rings. The van der Waals surface area contributed by atoms with Crippen LogP contribution in [0.3, 0.4) is 0 Å². The average molecular weight is 251 g/mol. The summed E-state index contributed by atoms with van der Waals surface area (Å²) < 4.78 is 0. The lowest BCUT2D eigenvalue weighted by Crippen LogP contribution is -2.11. The van der Waals surface area contributed by atoms with Crippen LogP contribution >= 0.6 is 0 Å². The Morgan fingerprint density at radius 1 is 1.05 bits per heavy atom. The van der Waals surface area contributed by atoms with Gasteiger partial charge in [0.1, 0.15) is 0 Å². The molecule has 0 radical (unpaired) electrons. The monoisotopic (exact) mass is 251 g/mol. The molecule has 94 valence electrons. The van der Waals surface area contributed by atoms with Gasteiger partial charge in [0.25, 0.3) is 5.91 Å². The number of anilines is 1. The number of hydrogen-bond acceptors (Lipinski definition) is 2. The first-order valence-electron chi connectivity index (χ1n) is 5.93. The van der Waals surface area contributed by atoms with Gasteiger partial charge in [-0.15, -0.1) is 0 Å². The maximum absolute atomic E-state index is 11.7. The fourth-order valence-electron chi connectivity index (χ4n) is 2.31. The van der Waals surface area contributed by atoms with E-state index in [0.717, 1.165) is 16.5 Å². The van der Waals surface area contributed by atoms with Crippen molar-refractivity contribution in [3.05, 3.63) is 54.1 Å². The van der Waals surface area contributed by atoms with Crippen molar-refractivity contribution >= 4 is 22.5 Å². The molecular weight excluding hydrogens is 238 g/mol. The van der Waals surface area contributed by atoms with E-state index in [4.69, 9.17) is 11.5 Å². The minimum absolute atomic E-state index is 0.449. The second-order valence-electron chi connectivity index (χ2n) is 4.41. The number of nitrogens with one attached hydrogen (secondary N) is 1. The Labute approximate surface area is 110 Å². The molecule has 0 fully saturated rings. The lowest BCUT2D eigenvalue weighted by molar-refractivity contribution is 0.100. The van der Waals surface area contributed by atoms with Crippen molar-refractivity contribution in [2.24, 2.45) is 5.73 Å². The van der Waals surface area contributed by atoms with Gasteiger partial charge in [-0.3, -0.25) is 4.79 Å². The number of nitrogens with two attached hydrogens (primary N) is 2. The molecule has 0 bridgehead atoms. The Morgan fingerprint density at radius 2 is 1.84 bits per heavy atom. The van der Waals surface area contributed by atoms with Gasteiger partial charge in [0.15, 0.2) is 0 Å². The maximum Gasteiger partial charge on any atom is 0.251 e. The largest absolute Gasteiger partial charge is 0.399 e. The molecule has 0 unspecified atom stereocenters. The van der Waals surface area contributed by atoms with Crippen LogP contribution in [-0.4, -0.2) is 10.9 Å². The summed E-state index contributed by atoms with van der Waals surface area (Å²) in [6, 6.07) is 14.9. The number of carbonyl (C=O) groups excluding carboxylic acids is 1. The summed E-state index contributed by atoms with van der Waals surface area (Å²) >= 11 is 0. The molecule has 4 heteroatoms. The number of primary amides is 1. The van der Waals surface area contributed by atoms with Crippen LogP contribution in [0.4, 0.5) is 5.69 Å². The first-order chi connectivity index (χ1) is 9.16. The first kappa shape index (κ1) is 11.3. The molecule has 0 aliphatic heterocycles. The van der Waals surface area contributed by atoms with Crippen LogP contribution < -0.4 is 11.5 Å². The normalized spacial score (nSPS) is 10.7. The van der Waals surface area contributed by atoms with E-state index in [9.17, 15) is 4.79 Å². The number of carbonyl (C=O) groups is 1. The van der Waals surface area contributed by atoms with Gasteiger partial charge in [0, 0.05) is 22.2 Å². The second kappa shape index (κ2) is 4.17. The molecular formula is C15H13N3O. The van der Waals surface area contributed by atoms with Gasteiger partial charge >= 0.3 is 0 Å². The molecule has 5 N–H and O–H groups in total. The Morgan fingerprint density at radius 3 is 2.58 bits per heavy atom. The van der Waals surface area contributed by atoms with Gasteiger partial charge in [-0.2, -0.15) is 0 Å². The van der Waals surface area contributed by atoms with Crippen molar-refractivity contribution in [3.63, 3.8) is 0 Å². The SMILES string of the molecule is NC(=O)c1c(-c2cccc(N)c2)[nH]c2ccccc12. The highest BCUT2D eigenvalue weighted by Gasteiger charge is 2.17. The molecule has 3 aromatic rings. The number of hydrogen-bond donors (Lipinski definition) is 3. The third kappa shape index (κ3) is 1.83. The van der Waals surface area contributed by atoms with Gasteiger partial charge in [-0.1, -0.05) is 30.3 Å². The summed E-state index contributed by atoms with van der Waals surface area (Å²) in [6.45, 7) is 0. The zero-order valence-corrected chi connectivity index (χ0v) is 10.2. The van der Waals surface area contributed by atoms with Crippen LogP contribution in [0.15, 0.2) is 48.5 Å². The van der Waals surface area contributed by atoms with Crippen molar-refractivity contribution in [1.29, 1.82) is 0 Å². The highest BCUT2D eigenvalue weighted by atomic mass is 16.1. The van der Waals surface area contributed by atoms with Crippen molar-refractivity contribution in [3.8, 4) is 11.3 Å². The second-order valence-corrected chi connectivity index (χ2v) is 4.41. The molecule has 0 aliphatic carbocycles. The number of fused-ring (bicyclic) bond motifs is 1. The zero-order valence-electron chi connectivity index (χ0n) is 10.2. The van der Waals surface area contributed by atoms with Crippen LogP contribution in [0.2, 0.25) is 0 Å². The Hall–Kier alpha value is -2.75. The Kier molecular flexibility index (Phi) is 2.49. The zero-order chi connectivity index (χ0) is 13.4. The molecule has 2 aromatic carbocycles. The van der Waals surface area contributed by atoms with E-state index >= 15 is 0 Å². The number of para-hydroxylation sites is 1. The number of nitrogen functional groups attached to an aromatic ring is 1. The maximum atomic E-state index is 11.7. The van der Waals surface area contributed by atoms with Crippen LogP contribution in [0.5, 0.6) is 0 Å². The van der Waals surface area contributed by atoms with Crippen LogP contribution in [0, 0.1) is 0 Å². The van der Waals surface area contributed by atoms with Gasteiger partial charge in [-0.25, -0.2) is 0 Å². The first-order valence-corrected chi connectivity index (χ1v) is 5.93. The quantitative estimate of drug-likeness (QED) is 0.611. The predicted molar refractivity (Wildman–Crippen MR) is 76.7 cm³/mol. The number of aromatic nitrogens is 1. The minimum Gasteiger partial charge on any atom is -0.399 e. The number of amides is 1. The van der Waals surface area contributed by atoms with E-state index in [1.54, 1.807) is 6.07 Å². The van der Waals surface area contributed by atoms with Crippen molar-refractivity contribution < 1.29 is 4.79 Å². The highest BCUT2D eigenvalue weighted by molar-refractivity contribution is 6.11. The molecule has 0 saturated heterocycles. The number of benzene rings is 2. The van der Waals surface area contributed by atoms with E-state index in [-0.39, 0.29) is 0 Å². The van der Waals surface area contributed by atoms with Gasteiger partial charge < -0.3 is 16.5 Å². The summed E-state index contributed by atoms with van der Waals surface area (Å²) in [7, 11) is 0. The predicted octanol–water partition coefficient (Wildman–Crippen LogP) is 2.52. The molecule has 1 aromatic heterocycles. The summed E-state index contributed by atoms with van der Waals surface area (Å²) in [5, 5.41) is 0.826. The molecule has 19 heavy (non-hydrogen) atoms. The van der Waals surface area contributed by atoms with E-state index in [2.05, 4.69) is 4.98 Å². The van der Waals surface area contributed by atoms with Crippen molar-refractivity contribution in [1.82, 2.24) is 4.98 Å². The Balaban J connectivity index is 2.34. The molecule has 3 rings (SSSR count). The molecule has 4 nitrogen and oxygen atoms in total. The van der Waals surface area contributed by atoms with Crippen LogP contribution in [0.1, 0.15) is 10.4 Å². The summed E-state index contributed by atoms with van der Waals surface area (Å²) in [5.41, 5.74) is 14.9. The minimum atomic E-state index is -0.449. The topological polar surface area (TPSA) is 84.9 Å². The molecule has 1 heterocycles. The lowest BCUT2D eigenvalue weighted by Gasteiger charge is -2.02. The van der Waals surface area contributed by atoms with Gasteiger partial charge in [-0.05, 0) is 18.2 Å². The molecule has 0 atom stereocenters. The van der Waals surface area contributed by atoms with E-state index in [1.165, 1.54) is 0 Å². The fourth-order valence-corrected chi connectivity index (χ4v) is 2.31. The summed E-state index contributed by atoms with van der Waals surface area (Å²) in [6.07, 6.45) is 0. The highest BCUT2D eigenvalue weighted by Crippen LogP contribution is 2.30. The van der Waals surface area contributed by atoms with E-state index < -0.39 is 5.91 Å². The van der Waals surface area contributed by atoms with Crippen LogP contribution in [0.25, 0.3) is 22.2 Å². The van der Waals surface area contributed by atoms with E-state index in [1.807, 2.05) is 42.5 Å². The Bertz CT molecular complexity index is 774. The number of H-pyrrole nitrogens is 1. The fraction of sp³-hybridized carbons (Fsp3) is 0. The molecule has 0 spiro atoms. The number of rotatable bonds is 2. The number of aromatic amines is 1. The average Bonchev–Trinajstić information content (AvgIpc) is 2.78. The lowest BCUT2D eigenvalue weighted by atomic mass is 10.0. The smallest absolute Gasteiger partial charge is 0.251 e. The third-order valence-electron chi connectivity index (χ3n) is 3.13. The summed E-state index contributed by atoms with van der Waals surface area (Å²) in [4.78, 5) is 15.0. The summed E-state index contributed by atoms with van der Waals surface area (Å²) in [5.74, 6) is -0.449. The molecule has 1 amide bonds. The van der Waals surface area contributed by atoms with Gasteiger partial charge in [0.05, 0.1) is 11.3 Å².